The van der Waals surface area contributed by atoms with Crippen molar-refractivity contribution in [2.24, 2.45) is 5.73 Å². The molecule has 4 heteroatoms. The van der Waals surface area contributed by atoms with Gasteiger partial charge in [0.05, 0.1) is 0 Å². The molecular weight excluding hydrogens is 251 g/mol. The summed E-state index contributed by atoms with van der Waals surface area (Å²) < 4.78 is 13.7. The maximum Gasteiger partial charge on any atom is 0.127 e. The molecule has 18 heavy (non-hydrogen) atoms. The number of nitrogens with two attached hydrogens (primary N) is 1. The van der Waals surface area contributed by atoms with E-state index >= 15 is 0 Å². The van der Waals surface area contributed by atoms with Gasteiger partial charge in [-0.3, -0.25) is 4.98 Å². The lowest BCUT2D eigenvalue weighted by atomic mass is 9.95. The van der Waals surface area contributed by atoms with Crippen LogP contribution in [0.5, 0.6) is 0 Å². The van der Waals surface area contributed by atoms with Gasteiger partial charge in [0.1, 0.15) is 5.82 Å². The highest BCUT2D eigenvalue weighted by molar-refractivity contribution is 6.31. The Kier molecular flexibility index (Phi) is 4.28. The van der Waals surface area contributed by atoms with Crippen molar-refractivity contribution in [3.05, 3.63) is 64.7 Å². The van der Waals surface area contributed by atoms with Gasteiger partial charge in [0.25, 0.3) is 0 Å². The van der Waals surface area contributed by atoms with E-state index in [4.69, 9.17) is 17.3 Å². The third-order valence-corrected chi connectivity index (χ3v) is 3.26. The standard InChI is InChI=1S/C14H14ClFN2/c15-12-4-3-5-13(16)11(12)8-10(9-17)14-6-1-2-7-18-14/h1-7,10H,8-9,17H2. The predicted octanol–water partition coefficient (Wildman–Crippen LogP) is 3.16. The fourth-order valence-corrected chi connectivity index (χ4v) is 2.14. The van der Waals surface area contributed by atoms with Gasteiger partial charge < -0.3 is 5.73 Å². The number of benzene rings is 1. The smallest absolute Gasteiger partial charge is 0.127 e. The van der Waals surface area contributed by atoms with Crippen molar-refractivity contribution in [2.45, 2.75) is 12.3 Å². The molecule has 0 radical (unpaired) electrons. The zero-order valence-electron chi connectivity index (χ0n) is 9.81. The average Bonchev–Trinajstić information content (AvgIpc) is 2.40. The quantitative estimate of drug-likeness (QED) is 0.921. The zero-order valence-corrected chi connectivity index (χ0v) is 10.6. The normalized spacial score (nSPS) is 12.4. The fraction of sp³-hybridized carbons (Fsp3) is 0.214. The van der Waals surface area contributed by atoms with Gasteiger partial charge in [0.2, 0.25) is 0 Å². The molecule has 1 heterocycles. The number of hydrogen-bond donors (Lipinski definition) is 1. The van der Waals surface area contributed by atoms with E-state index in [9.17, 15) is 4.39 Å². The fourth-order valence-electron chi connectivity index (χ4n) is 1.90. The highest BCUT2D eigenvalue weighted by atomic mass is 35.5. The lowest BCUT2D eigenvalue weighted by Gasteiger charge is -2.15. The summed E-state index contributed by atoms with van der Waals surface area (Å²) in [6.07, 6.45) is 2.17. The van der Waals surface area contributed by atoms with E-state index in [1.807, 2.05) is 18.2 Å². The first-order chi connectivity index (χ1) is 8.72. The summed E-state index contributed by atoms with van der Waals surface area (Å²) in [6.45, 7) is 0.404. The molecular formula is C14H14ClFN2. The minimum Gasteiger partial charge on any atom is -0.330 e. The second-order valence-electron chi connectivity index (χ2n) is 4.09. The van der Waals surface area contributed by atoms with Gasteiger partial charge in [-0.15, -0.1) is 0 Å². The average molecular weight is 265 g/mol. The molecule has 1 unspecified atom stereocenters. The molecule has 94 valence electrons. The summed E-state index contributed by atoms with van der Waals surface area (Å²) in [5, 5.41) is 0.435. The van der Waals surface area contributed by atoms with E-state index in [2.05, 4.69) is 4.98 Å². The molecule has 1 atom stereocenters. The van der Waals surface area contributed by atoms with Crippen LogP contribution in [0.25, 0.3) is 0 Å². The highest BCUT2D eigenvalue weighted by Crippen LogP contribution is 2.25. The number of rotatable bonds is 4. The van der Waals surface area contributed by atoms with Gasteiger partial charge >= 0.3 is 0 Å². The number of pyridine rings is 1. The lowest BCUT2D eigenvalue weighted by molar-refractivity contribution is 0.586. The van der Waals surface area contributed by atoms with Gasteiger partial charge in [-0.05, 0) is 30.7 Å². The zero-order chi connectivity index (χ0) is 13.0. The van der Waals surface area contributed by atoms with Gasteiger partial charge in [-0.2, -0.15) is 0 Å². The molecule has 0 spiro atoms. The summed E-state index contributed by atoms with van der Waals surface area (Å²) in [6, 6.07) is 10.3. The van der Waals surface area contributed by atoms with Crippen molar-refractivity contribution in [3.63, 3.8) is 0 Å². The van der Waals surface area contributed by atoms with Crippen LogP contribution >= 0.6 is 11.6 Å². The van der Waals surface area contributed by atoms with Crippen molar-refractivity contribution in [1.82, 2.24) is 4.98 Å². The van der Waals surface area contributed by atoms with Gasteiger partial charge in [0.15, 0.2) is 0 Å². The molecule has 0 fully saturated rings. The second-order valence-corrected chi connectivity index (χ2v) is 4.50. The molecule has 0 aliphatic carbocycles. The Labute approximate surface area is 111 Å². The van der Waals surface area contributed by atoms with E-state index in [1.54, 1.807) is 18.3 Å². The molecule has 1 aromatic carbocycles. The van der Waals surface area contributed by atoms with Gasteiger partial charge in [-0.1, -0.05) is 23.7 Å². The molecule has 2 nitrogen and oxygen atoms in total. The van der Waals surface area contributed by atoms with Crippen molar-refractivity contribution in [3.8, 4) is 0 Å². The molecule has 0 bridgehead atoms. The molecule has 0 saturated heterocycles. The monoisotopic (exact) mass is 264 g/mol. The first-order valence-electron chi connectivity index (χ1n) is 5.76. The van der Waals surface area contributed by atoms with E-state index in [-0.39, 0.29) is 11.7 Å². The molecule has 0 aliphatic heterocycles. The van der Waals surface area contributed by atoms with Crippen LogP contribution in [0.15, 0.2) is 42.6 Å². The molecule has 0 aliphatic rings. The van der Waals surface area contributed by atoms with Crippen molar-refractivity contribution < 1.29 is 4.39 Å². The summed E-state index contributed by atoms with van der Waals surface area (Å²) >= 11 is 6.02. The topological polar surface area (TPSA) is 38.9 Å². The van der Waals surface area contributed by atoms with E-state index in [1.165, 1.54) is 6.07 Å². The van der Waals surface area contributed by atoms with Crippen LogP contribution in [0.2, 0.25) is 5.02 Å². The Morgan fingerprint density at radius 3 is 2.67 bits per heavy atom. The van der Waals surface area contributed by atoms with Crippen LogP contribution in [-0.4, -0.2) is 11.5 Å². The first kappa shape index (κ1) is 13.0. The predicted molar refractivity (Wildman–Crippen MR) is 71.1 cm³/mol. The van der Waals surface area contributed by atoms with Crippen molar-refractivity contribution in [1.29, 1.82) is 0 Å². The summed E-state index contributed by atoms with van der Waals surface area (Å²) in [4.78, 5) is 4.26. The summed E-state index contributed by atoms with van der Waals surface area (Å²) in [7, 11) is 0. The van der Waals surface area contributed by atoms with Crippen LogP contribution in [0.3, 0.4) is 0 Å². The van der Waals surface area contributed by atoms with Gasteiger partial charge in [0, 0.05) is 34.9 Å². The maximum absolute atomic E-state index is 13.7. The van der Waals surface area contributed by atoms with Crippen LogP contribution in [0, 0.1) is 5.82 Å². The van der Waals surface area contributed by atoms with Crippen molar-refractivity contribution >= 4 is 11.6 Å². The largest absolute Gasteiger partial charge is 0.330 e. The number of halogens is 2. The van der Waals surface area contributed by atoms with Crippen LogP contribution in [0.4, 0.5) is 4.39 Å². The maximum atomic E-state index is 13.7. The second kappa shape index (κ2) is 5.94. The molecule has 2 N–H and O–H groups in total. The molecule has 2 rings (SSSR count). The summed E-state index contributed by atoms with van der Waals surface area (Å²) in [5.41, 5.74) is 7.11. The van der Waals surface area contributed by atoms with Crippen LogP contribution < -0.4 is 5.73 Å². The Bertz CT molecular complexity index is 496. The Morgan fingerprint density at radius 1 is 1.22 bits per heavy atom. The third kappa shape index (κ3) is 2.86. The van der Waals surface area contributed by atoms with E-state index in [0.717, 1.165) is 5.69 Å². The van der Waals surface area contributed by atoms with Gasteiger partial charge in [-0.25, -0.2) is 4.39 Å². The lowest BCUT2D eigenvalue weighted by Crippen LogP contribution is -2.17. The van der Waals surface area contributed by atoms with Crippen LogP contribution in [0.1, 0.15) is 17.2 Å². The first-order valence-corrected chi connectivity index (χ1v) is 6.14. The minimum absolute atomic E-state index is 0.0272. The molecule has 0 amide bonds. The Balaban J connectivity index is 2.26. The molecule has 1 aromatic heterocycles. The SMILES string of the molecule is NCC(Cc1c(F)cccc1Cl)c1ccccn1. The van der Waals surface area contributed by atoms with E-state index in [0.29, 0.717) is 23.6 Å². The Morgan fingerprint density at radius 2 is 2.06 bits per heavy atom. The minimum atomic E-state index is -0.295. The van der Waals surface area contributed by atoms with Crippen molar-refractivity contribution in [2.75, 3.05) is 6.54 Å². The molecule has 0 saturated carbocycles. The van der Waals surface area contributed by atoms with E-state index < -0.39 is 0 Å². The number of aromatic nitrogens is 1. The Hall–Kier alpha value is -1.45. The molecule has 2 aromatic rings. The van der Waals surface area contributed by atoms with Crippen LogP contribution in [-0.2, 0) is 6.42 Å². The number of nitrogens with zero attached hydrogens (tertiary/aromatic N) is 1. The highest BCUT2D eigenvalue weighted by Gasteiger charge is 2.16. The number of hydrogen-bond acceptors (Lipinski definition) is 2. The third-order valence-electron chi connectivity index (χ3n) is 2.90. The summed E-state index contributed by atoms with van der Waals surface area (Å²) in [5.74, 6) is -0.322.